The Balaban J connectivity index is 1.49. The van der Waals surface area contributed by atoms with Gasteiger partial charge in [-0.3, -0.25) is 9.59 Å². The van der Waals surface area contributed by atoms with Crippen molar-refractivity contribution in [2.75, 3.05) is 0 Å². The van der Waals surface area contributed by atoms with Gasteiger partial charge in [0.2, 0.25) is 0 Å². The highest BCUT2D eigenvalue weighted by Crippen LogP contribution is 2.40. The first-order valence-corrected chi connectivity index (χ1v) is 13.6. The topological polar surface area (TPSA) is 67.5 Å². The molecule has 1 atom stereocenters. The van der Waals surface area contributed by atoms with Crippen molar-refractivity contribution in [3.63, 3.8) is 0 Å². The molecule has 0 unspecified atom stereocenters. The number of nitrogens with zero attached hydrogens (tertiary/aromatic N) is 2. The summed E-state index contributed by atoms with van der Waals surface area (Å²) in [6.45, 7) is 0.416. The lowest BCUT2D eigenvalue weighted by atomic mass is 9.83. The lowest BCUT2D eigenvalue weighted by Gasteiger charge is -2.47. The van der Waals surface area contributed by atoms with E-state index in [1.807, 2.05) is 41.0 Å². The van der Waals surface area contributed by atoms with Gasteiger partial charge in [0.25, 0.3) is 11.8 Å². The molecule has 6 nitrogen and oxygen atoms in total. The van der Waals surface area contributed by atoms with E-state index in [2.05, 4.69) is 5.32 Å². The van der Waals surface area contributed by atoms with Crippen LogP contribution in [-0.4, -0.2) is 27.3 Å². The summed E-state index contributed by atoms with van der Waals surface area (Å²) in [5, 5.41) is 3.38. The molecule has 1 saturated carbocycles. The third-order valence-electron chi connectivity index (χ3n) is 8.16. The molecule has 0 spiro atoms. The Labute approximate surface area is 221 Å². The monoisotopic (exact) mass is 513 g/mol. The van der Waals surface area contributed by atoms with E-state index in [1.54, 1.807) is 29.4 Å². The number of halogens is 1. The van der Waals surface area contributed by atoms with Crippen molar-refractivity contribution >= 4 is 22.9 Å². The summed E-state index contributed by atoms with van der Waals surface area (Å²) in [6, 6.07) is 19.3. The van der Waals surface area contributed by atoms with Crippen molar-refractivity contribution in [3.8, 4) is 0 Å². The van der Waals surface area contributed by atoms with Crippen LogP contribution in [0, 0.1) is 5.82 Å². The molecule has 1 aliphatic carbocycles. The van der Waals surface area contributed by atoms with Crippen LogP contribution < -0.4 is 5.32 Å². The van der Waals surface area contributed by atoms with Crippen LogP contribution >= 0.6 is 0 Å². The van der Waals surface area contributed by atoms with E-state index in [0.717, 1.165) is 42.3 Å². The molecule has 6 rings (SSSR count). The highest BCUT2D eigenvalue weighted by Gasteiger charge is 2.53. The number of hydrogen-bond acceptors (Lipinski definition) is 3. The van der Waals surface area contributed by atoms with E-state index in [0.29, 0.717) is 11.3 Å². The maximum atomic E-state index is 14.6. The highest BCUT2D eigenvalue weighted by atomic mass is 19.1. The van der Waals surface area contributed by atoms with Crippen LogP contribution in [0.25, 0.3) is 11.1 Å². The quantitative estimate of drug-likeness (QED) is 0.348. The normalized spacial score (nSPS) is 20.7. The summed E-state index contributed by atoms with van der Waals surface area (Å²) < 4.78 is 21.3. The Morgan fingerprint density at radius 3 is 2.42 bits per heavy atom. The second kappa shape index (κ2) is 10.1. The molecule has 1 fully saturated rings. The van der Waals surface area contributed by atoms with Crippen LogP contribution in [0.15, 0.2) is 77.4 Å². The van der Waals surface area contributed by atoms with Crippen LogP contribution in [0.5, 0.6) is 0 Å². The van der Waals surface area contributed by atoms with Gasteiger partial charge in [-0.05, 0) is 36.1 Å². The Morgan fingerprint density at radius 2 is 1.68 bits per heavy atom. The number of hydrogen-bond donors (Lipinski definition) is 1. The molecule has 0 bridgehead atoms. The third kappa shape index (κ3) is 4.30. The Bertz CT molecular complexity index is 1430. The van der Waals surface area contributed by atoms with E-state index in [9.17, 15) is 14.0 Å². The van der Waals surface area contributed by atoms with E-state index in [1.165, 1.54) is 31.4 Å². The average Bonchev–Trinajstić information content (AvgIpc) is 3.51. The minimum Gasteiger partial charge on any atom is -0.463 e. The SMILES string of the molecule is O=C1c2cc3occc3n2C[C@@](C(=O)NC2CCCCCCC2)(c2ccccc2)N1Cc1ccc(F)cc1. The first kappa shape index (κ1) is 24.5. The Morgan fingerprint density at radius 1 is 0.974 bits per heavy atom. The van der Waals surface area contributed by atoms with Gasteiger partial charge in [-0.2, -0.15) is 0 Å². The predicted octanol–water partition coefficient (Wildman–Crippen LogP) is 6.15. The molecule has 1 aliphatic heterocycles. The van der Waals surface area contributed by atoms with Crippen molar-refractivity contribution in [2.45, 2.75) is 69.6 Å². The van der Waals surface area contributed by atoms with E-state index >= 15 is 0 Å². The summed E-state index contributed by atoms with van der Waals surface area (Å²) in [5.74, 6) is -0.784. The number of fused-ring (bicyclic) bond motifs is 3. The van der Waals surface area contributed by atoms with Gasteiger partial charge in [-0.15, -0.1) is 0 Å². The molecule has 7 heteroatoms. The fraction of sp³-hybridized carbons (Fsp3) is 0.355. The molecule has 4 aromatic rings. The first-order valence-electron chi connectivity index (χ1n) is 13.6. The molecular weight excluding hydrogens is 481 g/mol. The molecule has 2 aliphatic rings. The number of rotatable bonds is 5. The molecule has 1 N–H and O–H groups in total. The first-order chi connectivity index (χ1) is 18.6. The summed E-state index contributed by atoms with van der Waals surface area (Å²) in [6.07, 6.45) is 9.23. The summed E-state index contributed by atoms with van der Waals surface area (Å²) >= 11 is 0. The number of benzene rings is 2. The van der Waals surface area contributed by atoms with Crippen LogP contribution in [0.1, 0.15) is 66.6 Å². The van der Waals surface area contributed by atoms with Crippen LogP contribution in [0.4, 0.5) is 4.39 Å². The zero-order chi connectivity index (χ0) is 26.1. The fourth-order valence-electron chi connectivity index (χ4n) is 6.12. The van der Waals surface area contributed by atoms with Crippen molar-refractivity contribution < 1.29 is 18.4 Å². The van der Waals surface area contributed by atoms with E-state index < -0.39 is 5.54 Å². The largest absolute Gasteiger partial charge is 0.463 e. The van der Waals surface area contributed by atoms with E-state index in [4.69, 9.17) is 4.42 Å². The Hall–Kier alpha value is -3.87. The highest BCUT2D eigenvalue weighted by molar-refractivity contribution is 6.03. The number of furan rings is 1. The Kier molecular flexibility index (Phi) is 6.52. The lowest BCUT2D eigenvalue weighted by molar-refractivity contribution is -0.136. The van der Waals surface area contributed by atoms with Gasteiger partial charge < -0.3 is 19.2 Å². The van der Waals surface area contributed by atoms with Crippen LogP contribution in [0.3, 0.4) is 0 Å². The molecule has 2 amide bonds. The van der Waals surface area contributed by atoms with Crippen molar-refractivity contribution in [1.29, 1.82) is 0 Å². The second-order valence-electron chi connectivity index (χ2n) is 10.5. The van der Waals surface area contributed by atoms with Gasteiger partial charge in [-0.25, -0.2) is 4.39 Å². The van der Waals surface area contributed by atoms with Crippen molar-refractivity contribution in [1.82, 2.24) is 14.8 Å². The molecule has 38 heavy (non-hydrogen) atoms. The molecule has 196 valence electrons. The van der Waals surface area contributed by atoms with Gasteiger partial charge in [0.05, 0.1) is 18.3 Å². The minimum absolute atomic E-state index is 0.0613. The number of nitrogens with one attached hydrogen (secondary N) is 1. The maximum absolute atomic E-state index is 14.6. The van der Waals surface area contributed by atoms with Crippen LogP contribution in [0.2, 0.25) is 0 Å². The molecular formula is C31H32FN3O3. The van der Waals surface area contributed by atoms with Gasteiger partial charge in [0, 0.05) is 24.7 Å². The van der Waals surface area contributed by atoms with Gasteiger partial charge in [0.15, 0.2) is 11.1 Å². The standard InChI is InChI=1S/C31H32FN3O3/c32-24-15-13-22(14-16-24)20-35-29(36)27-19-28-26(17-18-38-28)34(27)21-31(35,23-9-5-4-6-10-23)30(37)33-25-11-7-2-1-3-8-12-25/h4-6,9-10,13-19,25H,1-3,7-8,11-12,20-21H2,(H,33,37)/t31-/m0/s1. The smallest absolute Gasteiger partial charge is 0.272 e. The predicted molar refractivity (Wildman–Crippen MR) is 143 cm³/mol. The zero-order valence-electron chi connectivity index (χ0n) is 21.4. The van der Waals surface area contributed by atoms with Gasteiger partial charge in [0.1, 0.15) is 11.5 Å². The molecule has 0 radical (unpaired) electrons. The summed E-state index contributed by atoms with van der Waals surface area (Å²) in [4.78, 5) is 30.5. The van der Waals surface area contributed by atoms with Crippen molar-refractivity contribution in [2.24, 2.45) is 0 Å². The van der Waals surface area contributed by atoms with Crippen LogP contribution in [-0.2, 0) is 23.4 Å². The van der Waals surface area contributed by atoms with Gasteiger partial charge >= 0.3 is 0 Å². The number of carbonyl (C=O) groups excluding carboxylic acids is 2. The number of aromatic nitrogens is 1. The fourth-order valence-corrected chi connectivity index (χ4v) is 6.12. The molecule has 2 aromatic carbocycles. The van der Waals surface area contributed by atoms with E-state index in [-0.39, 0.29) is 36.8 Å². The number of carbonyl (C=O) groups is 2. The lowest BCUT2D eigenvalue weighted by Crippen LogP contribution is -2.64. The summed E-state index contributed by atoms with van der Waals surface area (Å²) in [7, 11) is 0. The maximum Gasteiger partial charge on any atom is 0.272 e. The molecule has 2 aromatic heterocycles. The third-order valence-corrected chi connectivity index (χ3v) is 8.16. The molecule has 3 heterocycles. The number of amides is 2. The van der Waals surface area contributed by atoms with Gasteiger partial charge in [-0.1, -0.05) is 74.6 Å². The zero-order valence-corrected chi connectivity index (χ0v) is 21.4. The summed E-state index contributed by atoms with van der Waals surface area (Å²) in [5.41, 5.74) is 2.07. The molecule has 0 saturated heterocycles. The van der Waals surface area contributed by atoms with Crippen molar-refractivity contribution in [3.05, 3.63) is 95.6 Å². The average molecular weight is 514 g/mol. The minimum atomic E-state index is -1.30. The second-order valence-corrected chi connectivity index (χ2v) is 10.5.